The Morgan fingerprint density at radius 1 is 0.839 bits per heavy atom. The van der Waals surface area contributed by atoms with Gasteiger partial charge in [0, 0.05) is 10.8 Å². The number of benzene rings is 2. The first kappa shape index (κ1) is 22.2. The summed E-state index contributed by atoms with van der Waals surface area (Å²) in [4.78, 5) is 51.8. The van der Waals surface area contributed by atoms with E-state index in [1.54, 1.807) is 53.7 Å². The van der Waals surface area contributed by atoms with Crippen molar-refractivity contribution in [2.24, 2.45) is 5.84 Å². The Kier molecular flexibility index (Phi) is 5.27. The van der Waals surface area contributed by atoms with Crippen LogP contribution in [0.3, 0.4) is 0 Å². The van der Waals surface area contributed by atoms with Gasteiger partial charge in [0.1, 0.15) is 11.2 Å². The highest BCUT2D eigenvalue weighted by molar-refractivity contribution is 6.28. The molecule has 0 radical (unpaired) electrons. The maximum atomic E-state index is 13.0. The predicted octanol–water partition coefficient (Wildman–Crippen LogP) is 3.99. The number of ether oxygens (including phenoxy) is 2. The van der Waals surface area contributed by atoms with E-state index in [-0.39, 0.29) is 16.8 Å². The van der Waals surface area contributed by atoms with E-state index >= 15 is 0 Å². The number of rotatable bonds is 1. The molecule has 0 bridgehead atoms. The van der Waals surface area contributed by atoms with Gasteiger partial charge in [0.2, 0.25) is 0 Å². The average Bonchev–Trinajstić information content (AvgIpc) is 2.62. The SMILES string of the molecule is CC(C)(C)OC(=O)N(C(=O)OC(C)(C)C)c1ccc2c3c(cccc13)C(=O)N(N)C2=O. The fourth-order valence-corrected chi connectivity index (χ4v) is 3.18. The van der Waals surface area contributed by atoms with Crippen LogP contribution in [0.2, 0.25) is 0 Å². The lowest BCUT2D eigenvalue weighted by Gasteiger charge is -2.30. The van der Waals surface area contributed by atoms with E-state index in [4.69, 9.17) is 15.3 Å². The largest absolute Gasteiger partial charge is 0.443 e. The van der Waals surface area contributed by atoms with Crippen LogP contribution >= 0.6 is 0 Å². The van der Waals surface area contributed by atoms with Crippen LogP contribution in [0.5, 0.6) is 0 Å². The molecule has 2 aromatic carbocycles. The summed E-state index contributed by atoms with van der Waals surface area (Å²) in [6.45, 7) is 10.0. The van der Waals surface area contributed by atoms with Gasteiger partial charge in [-0.05, 0) is 59.7 Å². The summed E-state index contributed by atoms with van der Waals surface area (Å²) in [7, 11) is 0. The van der Waals surface area contributed by atoms with Crippen molar-refractivity contribution in [1.82, 2.24) is 5.01 Å². The Morgan fingerprint density at radius 3 is 1.81 bits per heavy atom. The molecule has 0 aliphatic carbocycles. The minimum atomic E-state index is -0.948. The number of imide groups is 2. The van der Waals surface area contributed by atoms with E-state index in [0.29, 0.717) is 15.8 Å². The van der Waals surface area contributed by atoms with Gasteiger partial charge in [-0.15, -0.1) is 0 Å². The number of hydrogen-bond donors (Lipinski definition) is 1. The van der Waals surface area contributed by atoms with E-state index in [1.165, 1.54) is 18.2 Å². The Hall–Kier alpha value is -3.46. The smallest absolute Gasteiger partial charge is 0.424 e. The number of nitrogens with zero attached hydrogens (tertiary/aromatic N) is 2. The molecule has 3 rings (SSSR count). The van der Waals surface area contributed by atoms with Crippen molar-refractivity contribution in [2.45, 2.75) is 52.7 Å². The molecule has 1 aliphatic heterocycles. The first-order chi connectivity index (χ1) is 14.2. The molecule has 2 aromatic rings. The summed E-state index contributed by atoms with van der Waals surface area (Å²) in [5, 5.41) is 1.17. The predicted molar refractivity (Wildman–Crippen MR) is 114 cm³/mol. The van der Waals surface area contributed by atoms with E-state index in [9.17, 15) is 19.2 Å². The highest BCUT2D eigenvalue weighted by Crippen LogP contribution is 2.36. The number of hydrazine groups is 1. The highest BCUT2D eigenvalue weighted by Gasteiger charge is 2.37. The van der Waals surface area contributed by atoms with Crippen LogP contribution in [-0.2, 0) is 9.47 Å². The van der Waals surface area contributed by atoms with Crippen molar-refractivity contribution in [3.63, 3.8) is 0 Å². The standard InChI is InChI=1S/C22H25N3O6/c1-21(2,3)30-19(28)24(20(29)31-22(4,5)6)15-11-10-14-16-12(15)8-7-9-13(16)17(26)25(23)18(14)27/h7-11H,23H2,1-6H3. The second-order valence-corrected chi connectivity index (χ2v) is 9.14. The zero-order chi connectivity index (χ0) is 23.3. The summed E-state index contributed by atoms with van der Waals surface area (Å²) in [5.74, 6) is 4.26. The first-order valence-corrected chi connectivity index (χ1v) is 9.66. The summed E-state index contributed by atoms with van der Waals surface area (Å²) in [6, 6.07) is 7.55. The van der Waals surface area contributed by atoms with E-state index in [1.807, 2.05) is 0 Å². The van der Waals surface area contributed by atoms with Crippen LogP contribution in [-0.4, -0.2) is 40.2 Å². The molecule has 31 heavy (non-hydrogen) atoms. The lowest BCUT2D eigenvalue weighted by atomic mass is 9.93. The molecular weight excluding hydrogens is 402 g/mol. The molecular formula is C22H25N3O6. The molecule has 9 heteroatoms. The van der Waals surface area contributed by atoms with Gasteiger partial charge in [-0.2, -0.15) is 4.90 Å². The van der Waals surface area contributed by atoms with Gasteiger partial charge < -0.3 is 9.47 Å². The maximum absolute atomic E-state index is 13.0. The van der Waals surface area contributed by atoms with Gasteiger partial charge in [0.25, 0.3) is 11.8 Å². The lowest BCUT2D eigenvalue weighted by Crippen LogP contribution is -2.46. The Bertz CT molecular complexity index is 1060. The van der Waals surface area contributed by atoms with E-state index in [2.05, 4.69) is 0 Å². The maximum Gasteiger partial charge on any atom is 0.424 e. The molecule has 1 aliphatic rings. The van der Waals surface area contributed by atoms with Crippen LogP contribution < -0.4 is 10.7 Å². The molecule has 0 aromatic heterocycles. The monoisotopic (exact) mass is 427 g/mol. The van der Waals surface area contributed by atoms with Crippen molar-refractivity contribution >= 4 is 40.5 Å². The minimum absolute atomic E-state index is 0.121. The number of carbonyl (C=O) groups is 4. The quantitative estimate of drug-likeness (QED) is 0.415. The normalized spacial score (nSPS) is 14.0. The van der Waals surface area contributed by atoms with Gasteiger partial charge in [-0.3, -0.25) is 9.59 Å². The molecule has 0 spiro atoms. The third kappa shape index (κ3) is 4.22. The average molecular weight is 427 g/mol. The molecule has 9 nitrogen and oxygen atoms in total. The molecule has 2 N–H and O–H groups in total. The third-order valence-corrected chi connectivity index (χ3v) is 4.31. The zero-order valence-corrected chi connectivity index (χ0v) is 18.3. The Labute approximate surface area is 179 Å². The number of nitrogens with two attached hydrogens (primary N) is 1. The summed E-state index contributed by atoms with van der Waals surface area (Å²) in [5.41, 5.74) is -1.27. The van der Waals surface area contributed by atoms with Crippen molar-refractivity contribution in [3.8, 4) is 0 Å². The van der Waals surface area contributed by atoms with Crippen LogP contribution in [0.25, 0.3) is 10.8 Å². The van der Waals surface area contributed by atoms with Gasteiger partial charge >= 0.3 is 12.2 Å². The number of amides is 4. The minimum Gasteiger partial charge on any atom is -0.443 e. The van der Waals surface area contributed by atoms with Crippen molar-refractivity contribution in [3.05, 3.63) is 41.5 Å². The van der Waals surface area contributed by atoms with Crippen molar-refractivity contribution in [2.75, 3.05) is 4.90 Å². The first-order valence-electron chi connectivity index (χ1n) is 9.66. The van der Waals surface area contributed by atoms with E-state index in [0.717, 1.165) is 4.90 Å². The number of hydrogen-bond acceptors (Lipinski definition) is 7. The molecule has 4 amide bonds. The third-order valence-electron chi connectivity index (χ3n) is 4.31. The second kappa shape index (κ2) is 7.35. The summed E-state index contributed by atoms with van der Waals surface area (Å²) < 4.78 is 10.8. The Balaban J connectivity index is 2.24. The number of anilines is 1. The molecule has 0 atom stereocenters. The topological polar surface area (TPSA) is 119 Å². The molecule has 0 saturated carbocycles. The van der Waals surface area contributed by atoms with E-state index < -0.39 is 35.2 Å². The zero-order valence-electron chi connectivity index (χ0n) is 18.3. The van der Waals surface area contributed by atoms with Crippen LogP contribution in [0.1, 0.15) is 62.3 Å². The van der Waals surface area contributed by atoms with Crippen molar-refractivity contribution in [1.29, 1.82) is 0 Å². The lowest BCUT2D eigenvalue weighted by molar-refractivity contribution is 0.0430. The molecule has 164 valence electrons. The van der Waals surface area contributed by atoms with Gasteiger partial charge in [0.15, 0.2) is 0 Å². The van der Waals surface area contributed by atoms with Crippen molar-refractivity contribution < 1.29 is 28.7 Å². The van der Waals surface area contributed by atoms with Gasteiger partial charge in [-0.1, -0.05) is 12.1 Å². The van der Waals surface area contributed by atoms with Crippen LogP contribution in [0.15, 0.2) is 30.3 Å². The summed E-state index contributed by atoms with van der Waals surface area (Å²) in [6.07, 6.45) is -1.90. The van der Waals surface area contributed by atoms with Gasteiger partial charge in [0.05, 0.1) is 16.8 Å². The summed E-state index contributed by atoms with van der Waals surface area (Å²) >= 11 is 0. The fourth-order valence-electron chi connectivity index (χ4n) is 3.18. The molecule has 0 saturated heterocycles. The Morgan fingerprint density at radius 2 is 1.32 bits per heavy atom. The highest BCUT2D eigenvalue weighted by atomic mass is 16.6. The second-order valence-electron chi connectivity index (χ2n) is 9.14. The molecule has 1 heterocycles. The fraction of sp³-hybridized carbons (Fsp3) is 0.364. The molecule has 0 fully saturated rings. The van der Waals surface area contributed by atoms with Crippen LogP contribution in [0.4, 0.5) is 15.3 Å². The molecule has 0 unspecified atom stereocenters. The number of carbonyl (C=O) groups excluding carboxylic acids is 4. The van der Waals surface area contributed by atoms with Crippen LogP contribution in [0, 0.1) is 0 Å². The van der Waals surface area contributed by atoms with Gasteiger partial charge in [-0.25, -0.2) is 20.4 Å².